The molecular weight excluding hydrogens is 127 g/mol. The van der Waals surface area contributed by atoms with Crippen molar-refractivity contribution < 1.29 is 4.39 Å². The van der Waals surface area contributed by atoms with E-state index in [1.807, 2.05) is 13.0 Å². The van der Waals surface area contributed by atoms with Crippen LogP contribution in [0.1, 0.15) is 13.8 Å². The zero-order chi connectivity index (χ0) is 7.82. The number of hydrogen-bond acceptors (Lipinski definition) is 0. The Morgan fingerprint density at radius 2 is 2.00 bits per heavy atom. The van der Waals surface area contributed by atoms with E-state index in [4.69, 9.17) is 0 Å². The van der Waals surface area contributed by atoms with Gasteiger partial charge in [-0.15, -0.1) is 0 Å². The summed E-state index contributed by atoms with van der Waals surface area (Å²) >= 11 is 0. The summed E-state index contributed by atoms with van der Waals surface area (Å²) < 4.78 is 12.4. The van der Waals surface area contributed by atoms with E-state index in [0.717, 1.165) is 0 Å². The predicted molar refractivity (Wildman–Crippen MR) is 42.3 cm³/mol. The highest BCUT2D eigenvalue weighted by atomic mass is 19.1. The Hall–Kier alpha value is -1.07. The molecule has 0 saturated carbocycles. The van der Waals surface area contributed by atoms with Gasteiger partial charge in [-0.3, -0.25) is 0 Å². The molecule has 0 heterocycles. The third kappa shape index (κ3) is 5.07. The second-order valence-corrected chi connectivity index (χ2v) is 1.68. The van der Waals surface area contributed by atoms with Crippen molar-refractivity contribution in [1.29, 1.82) is 0 Å². The van der Waals surface area contributed by atoms with Crippen LogP contribution in [0.2, 0.25) is 0 Å². The lowest BCUT2D eigenvalue weighted by Crippen LogP contribution is -1.56. The topological polar surface area (TPSA) is 0 Å². The van der Waals surface area contributed by atoms with E-state index in [9.17, 15) is 4.39 Å². The Balaban J connectivity index is 4.14. The average molecular weight is 138 g/mol. The minimum Gasteiger partial charge on any atom is -0.198 e. The minimum absolute atomic E-state index is 0.347. The van der Waals surface area contributed by atoms with Crippen LogP contribution in [0.5, 0.6) is 0 Å². The Morgan fingerprint density at radius 1 is 1.30 bits per heavy atom. The minimum atomic E-state index is -0.347. The molecule has 0 saturated heterocycles. The summed E-state index contributed by atoms with van der Waals surface area (Å²) in [5.41, 5.74) is 2.44. The number of rotatable bonds is 2. The molecule has 0 aliphatic carbocycles. The number of allylic oxidation sites excluding steroid dienone is 5. The first-order valence-electron chi connectivity index (χ1n) is 3.17. The lowest BCUT2D eigenvalue weighted by atomic mass is 10.4. The maximum Gasteiger partial charge on any atom is 0.165 e. The summed E-state index contributed by atoms with van der Waals surface area (Å²) in [7, 11) is 0. The van der Waals surface area contributed by atoms with Crippen molar-refractivity contribution in [1.82, 2.24) is 0 Å². The largest absolute Gasteiger partial charge is 0.198 e. The van der Waals surface area contributed by atoms with E-state index in [-0.39, 0.29) is 5.83 Å². The third-order valence-electron chi connectivity index (χ3n) is 0.823. The van der Waals surface area contributed by atoms with Crippen molar-refractivity contribution in [2.75, 3.05) is 0 Å². The van der Waals surface area contributed by atoms with Gasteiger partial charge in [0, 0.05) is 0 Å². The summed E-state index contributed by atoms with van der Waals surface area (Å²) in [5, 5.41) is 0. The van der Waals surface area contributed by atoms with E-state index < -0.39 is 0 Å². The fourth-order valence-electron chi connectivity index (χ4n) is 0.418. The molecule has 0 spiro atoms. The molecule has 54 valence electrons. The molecule has 0 fully saturated rings. The Bertz CT molecular complexity index is 191. The molecule has 0 aromatic carbocycles. The van der Waals surface area contributed by atoms with Crippen LogP contribution in [0, 0.1) is 0 Å². The van der Waals surface area contributed by atoms with E-state index >= 15 is 0 Å². The maximum absolute atomic E-state index is 12.4. The molecule has 10 heavy (non-hydrogen) atoms. The highest BCUT2D eigenvalue weighted by Crippen LogP contribution is 1.94. The van der Waals surface area contributed by atoms with Crippen molar-refractivity contribution in [3.05, 3.63) is 41.9 Å². The average Bonchev–Trinajstić information content (AvgIpc) is 1.89. The molecule has 0 aromatic rings. The zero-order valence-corrected chi connectivity index (χ0v) is 6.26. The van der Waals surface area contributed by atoms with Crippen molar-refractivity contribution in [2.45, 2.75) is 13.8 Å². The van der Waals surface area contributed by atoms with Gasteiger partial charge >= 0.3 is 0 Å². The molecule has 0 N–H and O–H groups in total. The molecular formula is C9H11F. The highest BCUT2D eigenvalue weighted by molar-refractivity contribution is 5.12. The Morgan fingerprint density at radius 3 is 2.50 bits per heavy atom. The predicted octanol–water partition coefficient (Wildman–Crippen LogP) is 3.15. The quantitative estimate of drug-likeness (QED) is 0.406. The Kier molecular flexibility index (Phi) is 5.41. The third-order valence-corrected chi connectivity index (χ3v) is 0.823. The molecule has 0 nitrogen and oxygen atoms in total. The fourth-order valence-corrected chi connectivity index (χ4v) is 0.418. The van der Waals surface area contributed by atoms with Crippen molar-refractivity contribution >= 4 is 0 Å². The molecule has 0 radical (unpaired) electrons. The van der Waals surface area contributed by atoms with Gasteiger partial charge < -0.3 is 0 Å². The van der Waals surface area contributed by atoms with Crippen LogP contribution in [-0.4, -0.2) is 0 Å². The molecule has 0 unspecified atom stereocenters. The van der Waals surface area contributed by atoms with Crippen LogP contribution in [0.25, 0.3) is 0 Å². The molecule has 0 amide bonds. The second-order valence-electron chi connectivity index (χ2n) is 1.68. The number of halogens is 1. The van der Waals surface area contributed by atoms with E-state index in [2.05, 4.69) is 5.73 Å². The summed E-state index contributed by atoms with van der Waals surface area (Å²) in [5.74, 6) is -0.347. The van der Waals surface area contributed by atoms with E-state index in [0.29, 0.717) is 0 Å². The SMILES string of the molecule is C/C=C\C(F)=C=C/C=C/C. The lowest BCUT2D eigenvalue weighted by Gasteiger charge is -1.74. The van der Waals surface area contributed by atoms with Gasteiger partial charge in [0.05, 0.1) is 0 Å². The molecule has 0 aliphatic rings. The van der Waals surface area contributed by atoms with Gasteiger partial charge in [-0.2, -0.15) is 4.39 Å². The van der Waals surface area contributed by atoms with Gasteiger partial charge in [0.2, 0.25) is 0 Å². The van der Waals surface area contributed by atoms with Gasteiger partial charge in [-0.25, -0.2) is 0 Å². The smallest absolute Gasteiger partial charge is 0.165 e. The van der Waals surface area contributed by atoms with Gasteiger partial charge in [0.25, 0.3) is 0 Å². The molecule has 0 rings (SSSR count). The van der Waals surface area contributed by atoms with Gasteiger partial charge in [-0.05, 0) is 26.0 Å². The van der Waals surface area contributed by atoms with Crippen LogP contribution >= 0.6 is 0 Å². The van der Waals surface area contributed by atoms with E-state index in [1.165, 1.54) is 12.2 Å². The van der Waals surface area contributed by atoms with Crippen molar-refractivity contribution in [3.8, 4) is 0 Å². The molecule has 1 heteroatoms. The maximum atomic E-state index is 12.4. The first-order valence-corrected chi connectivity index (χ1v) is 3.17. The summed E-state index contributed by atoms with van der Waals surface area (Å²) in [6.45, 7) is 3.63. The monoisotopic (exact) mass is 138 g/mol. The van der Waals surface area contributed by atoms with Gasteiger partial charge in [-0.1, -0.05) is 24.0 Å². The summed E-state index contributed by atoms with van der Waals surface area (Å²) in [4.78, 5) is 0. The van der Waals surface area contributed by atoms with Crippen molar-refractivity contribution in [2.24, 2.45) is 0 Å². The first-order chi connectivity index (χ1) is 4.81. The molecule has 0 bridgehead atoms. The van der Waals surface area contributed by atoms with Gasteiger partial charge in [0.1, 0.15) is 0 Å². The molecule has 0 aromatic heterocycles. The number of hydrogen-bond donors (Lipinski definition) is 0. The van der Waals surface area contributed by atoms with Gasteiger partial charge in [0.15, 0.2) is 5.83 Å². The summed E-state index contributed by atoms with van der Waals surface area (Å²) in [6, 6.07) is 0. The van der Waals surface area contributed by atoms with Crippen molar-refractivity contribution in [3.63, 3.8) is 0 Å². The Labute approximate surface area is 61.1 Å². The highest BCUT2D eigenvalue weighted by Gasteiger charge is 1.76. The summed E-state index contributed by atoms with van der Waals surface area (Å²) in [6.07, 6.45) is 8.07. The van der Waals surface area contributed by atoms with E-state index in [1.54, 1.807) is 19.1 Å². The second kappa shape index (κ2) is 6.06. The van der Waals surface area contributed by atoms with Crippen LogP contribution in [-0.2, 0) is 0 Å². The lowest BCUT2D eigenvalue weighted by molar-refractivity contribution is 0.669. The standard InChI is InChI=1S/C9H11F/c1-3-5-6-8-9(10)7-4-2/h3-7H,1-2H3/b5-3+,7-4-. The molecule has 0 aliphatic heterocycles. The van der Waals surface area contributed by atoms with Crippen LogP contribution in [0.4, 0.5) is 4.39 Å². The molecule has 0 atom stereocenters. The fraction of sp³-hybridized carbons (Fsp3) is 0.222. The van der Waals surface area contributed by atoms with Crippen LogP contribution in [0.3, 0.4) is 0 Å². The first kappa shape index (κ1) is 8.93. The van der Waals surface area contributed by atoms with Crippen LogP contribution in [0.15, 0.2) is 41.9 Å². The van der Waals surface area contributed by atoms with Crippen LogP contribution < -0.4 is 0 Å². The zero-order valence-electron chi connectivity index (χ0n) is 6.26. The normalized spacial score (nSPS) is 10.3.